The molecule has 0 aromatic heterocycles. The molecule has 1 N–H and O–H groups in total. The highest BCUT2D eigenvalue weighted by molar-refractivity contribution is 5.67. The molecule has 0 atom stereocenters. The predicted octanol–water partition coefficient (Wildman–Crippen LogP) is 1.80. The highest BCUT2D eigenvalue weighted by Gasteiger charge is 2.15. The van der Waals surface area contributed by atoms with Crippen molar-refractivity contribution < 1.29 is 28.5 Å². The van der Waals surface area contributed by atoms with Gasteiger partial charge in [0.15, 0.2) is 0 Å². The maximum Gasteiger partial charge on any atom is 0.407 e. The van der Waals surface area contributed by atoms with E-state index in [9.17, 15) is 4.79 Å². The molecule has 0 fully saturated rings. The van der Waals surface area contributed by atoms with Crippen LogP contribution in [0, 0.1) is 6.92 Å². The van der Waals surface area contributed by atoms with Crippen molar-refractivity contribution in [2.45, 2.75) is 32.8 Å². The average Bonchev–Trinajstić information content (AvgIpc) is 2.46. The van der Waals surface area contributed by atoms with Crippen molar-refractivity contribution in [3.63, 3.8) is 0 Å². The van der Waals surface area contributed by atoms with Crippen molar-refractivity contribution in [3.8, 4) is 0 Å². The van der Waals surface area contributed by atoms with Crippen LogP contribution in [-0.2, 0) is 23.7 Å². The van der Waals surface area contributed by atoms with Gasteiger partial charge in [0.05, 0.1) is 46.2 Å². The van der Waals surface area contributed by atoms with Gasteiger partial charge in [-0.1, -0.05) is 6.92 Å². The second-order valence-electron chi connectivity index (χ2n) is 5.73. The van der Waals surface area contributed by atoms with Crippen molar-refractivity contribution in [2.24, 2.45) is 0 Å². The van der Waals surface area contributed by atoms with Crippen LogP contribution in [0.25, 0.3) is 0 Å². The van der Waals surface area contributed by atoms with Gasteiger partial charge in [0.1, 0.15) is 5.60 Å². The van der Waals surface area contributed by atoms with Gasteiger partial charge in [-0.15, -0.1) is 0 Å². The van der Waals surface area contributed by atoms with Crippen molar-refractivity contribution in [1.82, 2.24) is 5.32 Å². The van der Waals surface area contributed by atoms with Gasteiger partial charge in [-0.05, 0) is 27.2 Å². The van der Waals surface area contributed by atoms with Gasteiger partial charge in [0.25, 0.3) is 0 Å². The molecule has 0 unspecified atom stereocenters. The van der Waals surface area contributed by atoms with Crippen LogP contribution >= 0.6 is 0 Å². The minimum absolute atomic E-state index is 0.408. The summed E-state index contributed by atoms with van der Waals surface area (Å²) in [7, 11) is 0. The first-order valence-electron chi connectivity index (χ1n) is 8.03. The van der Waals surface area contributed by atoms with E-state index >= 15 is 0 Å². The molecule has 0 bridgehead atoms. The summed E-state index contributed by atoms with van der Waals surface area (Å²) in [6, 6.07) is 0. The molecule has 0 saturated carbocycles. The lowest BCUT2D eigenvalue weighted by atomic mass is 10.2. The predicted molar refractivity (Wildman–Crippen MR) is 87.5 cm³/mol. The van der Waals surface area contributed by atoms with Gasteiger partial charge in [-0.3, -0.25) is 0 Å². The lowest BCUT2D eigenvalue weighted by Crippen LogP contribution is -2.34. The fourth-order valence-corrected chi connectivity index (χ4v) is 1.40. The lowest BCUT2D eigenvalue weighted by molar-refractivity contribution is -0.00138. The van der Waals surface area contributed by atoms with Crippen molar-refractivity contribution in [1.29, 1.82) is 0 Å². The number of rotatable bonds is 14. The molecule has 23 heavy (non-hydrogen) atoms. The van der Waals surface area contributed by atoms with Gasteiger partial charge >= 0.3 is 6.09 Å². The van der Waals surface area contributed by atoms with Crippen LogP contribution in [0.15, 0.2) is 0 Å². The topological polar surface area (TPSA) is 75.3 Å². The van der Waals surface area contributed by atoms with E-state index in [0.717, 1.165) is 6.42 Å². The first-order valence-corrected chi connectivity index (χ1v) is 8.03. The zero-order valence-corrected chi connectivity index (χ0v) is 14.7. The molecule has 0 aliphatic heterocycles. The van der Waals surface area contributed by atoms with Gasteiger partial charge in [-0.25, -0.2) is 4.79 Å². The van der Waals surface area contributed by atoms with Crippen LogP contribution in [0.5, 0.6) is 0 Å². The molecule has 7 heteroatoms. The number of nitrogens with one attached hydrogen (secondary N) is 1. The maximum absolute atomic E-state index is 11.3. The number of carbonyl (C=O) groups excluding carboxylic acids is 1. The van der Waals surface area contributed by atoms with E-state index in [1.165, 1.54) is 0 Å². The third kappa shape index (κ3) is 19.1. The largest absolute Gasteiger partial charge is 0.444 e. The van der Waals surface area contributed by atoms with Crippen LogP contribution < -0.4 is 5.32 Å². The van der Waals surface area contributed by atoms with Gasteiger partial charge in [0, 0.05) is 13.2 Å². The molecule has 0 aliphatic carbocycles. The molecular weight excluding hydrogens is 302 g/mol. The fourth-order valence-electron chi connectivity index (χ4n) is 1.40. The summed E-state index contributed by atoms with van der Waals surface area (Å²) < 4.78 is 26.3. The number of amides is 1. The van der Waals surface area contributed by atoms with Crippen LogP contribution in [-0.4, -0.2) is 71.1 Å². The molecule has 137 valence electrons. The molecule has 0 aliphatic rings. The quantitative estimate of drug-likeness (QED) is 0.488. The monoisotopic (exact) mass is 334 g/mol. The number of hydrogen-bond donors (Lipinski definition) is 1. The summed E-state index contributed by atoms with van der Waals surface area (Å²) in [4.78, 5) is 11.3. The van der Waals surface area contributed by atoms with E-state index in [4.69, 9.17) is 23.7 Å². The SMILES string of the molecule is [CH2]CCOCCOCCOCCOCCNC(=O)OC(C)(C)C. The summed E-state index contributed by atoms with van der Waals surface area (Å²) in [5.74, 6) is 0. The third-order valence-corrected chi connectivity index (χ3v) is 2.32. The van der Waals surface area contributed by atoms with E-state index < -0.39 is 11.7 Å². The molecular formula is C16H32NO6. The summed E-state index contributed by atoms with van der Waals surface area (Å²) >= 11 is 0. The number of ether oxygens (including phenoxy) is 5. The minimum Gasteiger partial charge on any atom is -0.444 e. The Balaban J connectivity index is 3.15. The minimum atomic E-state index is -0.486. The molecule has 0 saturated heterocycles. The first kappa shape index (κ1) is 22.1. The molecule has 0 spiro atoms. The lowest BCUT2D eigenvalue weighted by Gasteiger charge is -2.19. The summed E-state index contributed by atoms with van der Waals surface area (Å²) in [5, 5.41) is 2.62. The Morgan fingerprint density at radius 3 is 1.70 bits per heavy atom. The first-order chi connectivity index (χ1) is 11.0. The zero-order chi connectivity index (χ0) is 17.4. The van der Waals surface area contributed by atoms with E-state index in [2.05, 4.69) is 12.2 Å². The second-order valence-corrected chi connectivity index (χ2v) is 5.73. The number of carbonyl (C=O) groups is 1. The summed E-state index contributed by atoms with van der Waals surface area (Å²) in [6.45, 7) is 13.8. The summed E-state index contributed by atoms with van der Waals surface area (Å²) in [5.41, 5.74) is -0.486. The smallest absolute Gasteiger partial charge is 0.407 e. The van der Waals surface area contributed by atoms with Crippen LogP contribution in [0.3, 0.4) is 0 Å². The molecule has 0 aromatic rings. The number of alkyl carbamates (subject to hydrolysis) is 1. The van der Waals surface area contributed by atoms with Crippen molar-refractivity contribution in [2.75, 3.05) is 59.4 Å². The molecule has 0 rings (SSSR count). The van der Waals surface area contributed by atoms with Crippen LogP contribution in [0.2, 0.25) is 0 Å². The van der Waals surface area contributed by atoms with E-state index in [1.54, 1.807) is 0 Å². The highest BCUT2D eigenvalue weighted by Crippen LogP contribution is 2.05. The van der Waals surface area contributed by atoms with Crippen LogP contribution in [0.4, 0.5) is 4.79 Å². The summed E-state index contributed by atoms with van der Waals surface area (Å²) in [6.07, 6.45) is 0.338. The maximum atomic E-state index is 11.3. The Bertz CT molecular complexity index is 280. The normalized spacial score (nSPS) is 11.5. The van der Waals surface area contributed by atoms with Gasteiger partial charge in [-0.2, -0.15) is 0 Å². The Morgan fingerprint density at radius 1 is 0.826 bits per heavy atom. The standard InChI is InChI=1S/C16H32NO6/c1-5-7-19-9-11-21-13-14-22-12-10-20-8-6-17-15(18)23-16(2,3)4/h1,5-14H2,2-4H3,(H,17,18). The van der Waals surface area contributed by atoms with Crippen LogP contribution in [0.1, 0.15) is 27.2 Å². The molecule has 1 radical (unpaired) electrons. The van der Waals surface area contributed by atoms with Crippen molar-refractivity contribution >= 4 is 6.09 Å². The fraction of sp³-hybridized carbons (Fsp3) is 0.875. The Morgan fingerprint density at radius 2 is 1.26 bits per heavy atom. The molecule has 0 aromatic carbocycles. The van der Waals surface area contributed by atoms with Gasteiger partial charge in [0.2, 0.25) is 0 Å². The molecule has 0 heterocycles. The van der Waals surface area contributed by atoms with Gasteiger partial charge < -0.3 is 29.0 Å². The molecule has 1 amide bonds. The highest BCUT2D eigenvalue weighted by atomic mass is 16.6. The Hall–Kier alpha value is -0.890. The average molecular weight is 334 g/mol. The Labute approximate surface area is 139 Å². The number of hydrogen-bond acceptors (Lipinski definition) is 6. The van der Waals surface area contributed by atoms with E-state index in [-0.39, 0.29) is 0 Å². The third-order valence-electron chi connectivity index (χ3n) is 2.32. The Kier molecular flexibility index (Phi) is 14.1. The van der Waals surface area contributed by atoms with Crippen molar-refractivity contribution in [3.05, 3.63) is 6.92 Å². The van der Waals surface area contributed by atoms with E-state index in [0.29, 0.717) is 59.4 Å². The van der Waals surface area contributed by atoms with E-state index in [1.807, 2.05) is 20.8 Å². The zero-order valence-electron chi connectivity index (χ0n) is 14.7. The molecule has 7 nitrogen and oxygen atoms in total. The second kappa shape index (κ2) is 14.7.